The maximum Gasteiger partial charge on any atom is 0.321 e. The lowest BCUT2D eigenvalue weighted by molar-refractivity contribution is -0.144. The van der Waals surface area contributed by atoms with Crippen LogP contribution in [0.25, 0.3) is 0 Å². The van der Waals surface area contributed by atoms with E-state index in [-0.39, 0.29) is 4.90 Å². The van der Waals surface area contributed by atoms with Crippen molar-refractivity contribution in [3.8, 4) is 5.75 Å². The van der Waals surface area contributed by atoms with Crippen LogP contribution >= 0.6 is 0 Å². The predicted octanol–water partition coefficient (Wildman–Crippen LogP) is 1.79. The van der Waals surface area contributed by atoms with Crippen LogP contribution < -0.4 is 9.46 Å². The number of Topliss-reactive ketones (excluding diaryl/α,β-unsaturated/α-hetero) is 1. The first-order valence-electron chi connectivity index (χ1n) is 7.76. The molecular weight excluding hydrogens is 358 g/mol. The number of ether oxygens (including phenoxy) is 2. The summed E-state index contributed by atoms with van der Waals surface area (Å²) >= 11 is 0. The number of esters is 1. The largest absolute Gasteiger partial charge is 0.497 e. The summed E-state index contributed by atoms with van der Waals surface area (Å²) < 4.78 is 36.2. The van der Waals surface area contributed by atoms with E-state index in [9.17, 15) is 18.0 Å². The summed E-state index contributed by atoms with van der Waals surface area (Å²) in [7, 11) is -2.31. The number of hydrogen-bond donors (Lipinski definition) is 1. The van der Waals surface area contributed by atoms with E-state index in [4.69, 9.17) is 9.47 Å². The summed E-state index contributed by atoms with van der Waals surface area (Å²) in [5, 5.41) is 0. The van der Waals surface area contributed by atoms with E-state index < -0.39 is 34.4 Å². The molecule has 8 heteroatoms. The number of methoxy groups -OCH3 is 1. The molecule has 0 bridgehead atoms. The quantitative estimate of drug-likeness (QED) is 0.556. The smallest absolute Gasteiger partial charge is 0.321 e. The van der Waals surface area contributed by atoms with Crippen LogP contribution in [0.2, 0.25) is 0 Å². The molecular formula is C18H19NO6S. The fourth-order valence-corrected chi connectivity index (χ4v) is 3.11. The molecule has 0 aliphatic rings. The van der Waals surface area contributed by atoms with Gasteiger partial charge in [-0.15, -0.1) is 0 Å². The van der Waals surface area contributed by atoms with Crippen LogP contribution in [-0.4, -0.2) is 39.9 Å². The van der Waals surface area contributed by atoms with Crippen molar-refractivity contribution in [3.05, 3.63) is 60.2 Å². The zero-order chi connectivity index (χ0) is 19.2. The van der Waals surface area contributed by atoms with Gasteiger partial charge in [0.15, 0.2) is 6.10 Å². The Bertz CT molecular complexity index is 862. The summed E-state index contributed by atoms with van der Waals surface area (Å²) in [5.41, 5.74) is 0.357. The third-order valence-electron chi connectivity index (χ3n) is 3.51. The van der Waals surface area contributed by atoms with Gasteiger partial charge in [0, 0.05) is 5.56 Å². The lowest BCUT2D eigenvalue weighted by atomic mass is 10.1. The second-order valence-electron chi connectivity index (χ2n) is 5.36. The Kier molecular flexibility index (Phi) is 6.48. The van der Waals surface area contributed by atoms with Gasteiger partial charge in [-0.1, -0.05) is 18.2 Å². The summed E-state index contributed by atoms with van der Waals surface area (Å²) in [4.78, 5) is 24.1. The molecule has 0 fully saturated rings. The SMILES string of the molecule is COc1ccc(C(=O)[C@H](C)OC(=O)CNS(=O)(=O)c2ccccc2)cc1. The van der Waals surface area contributed by atoms with Gasteiger partial charge in [-0.25, -0.2) is 8.42 Å². The maximum absolute atomic E-state index is 12.2. The second-order valence-corrected chi connectivity index (χ2v) is 7.13. The number of carbonyl (C=O) groups excluding carboxylic acids is 2. The number of hydrogen-bond acceptors (Lipinski definition) is 6. The van der Waals surface area contributed by atoms with Crippen LogP contribution in [-0.2, 0) is 19.6 Å². The maximum atomic E-state index is 12.2. The second kappa shape index (κ2) is 8.59. The molecule has 2 aromatic rings. The molecule has 2 aromatic carbocycles. The van der Waals surface area contributed by atoms with Gasteiger partial charge < -0.3 is 9.47 Å². The van der Waals surface area contributed by atoms with Crippen molar-refractivity contribution in [2.24, 2.45) is 0 Å². The van der Waals surface area contributed by atoms with Crippen LogP contribution in [0.5, 0.6) is 5.75 Å². The van der Waals surface area contributed by atoms with E-state index in [1.165, 1.54) is 26.2 Å². The molecule has 0 aromatic heterocycles. The number of carbonyl (C=O) groups is 2. The van der Waals surface area contributed by atoms with E-state index in [1.807, 2.05) is 0 Å². The van der Waals surface area contributed by atoms with Gasteiger partial charge >= 0.3 is 5.97 Å². The first-order chi connectivity index (χ1) is 12.3. The minimum absolute atomic E-state index is 0.0372. The Hall–Kier alpha value is -2.71. The molecule has 0 saturated carbocycles. The highest BCUT2D eigenvalue weighted by Crippen LogP contribution is 2.14. The van der Waals surface area contributed by atoms with E-state index in [2.05, 4.69) is 4.72 Å². The molecule has 26 heavy (non-hydrogen) atoms. The molecule has 0 aliphatic heterocycles. The zero-order valence-corrected chi connectivity index (χ0v) is 15.2. The van der Waals surface area contributed by atoms with Crippen molar-refractivity contribution in [2.75, 3.05) is 13.7 Å². The van der Waals surface area contributed by atoms with Crippen LogP contribution in [0, 0.1) is 0 Å². The van der Waals surface area contributed by atoms with Gasteiger partial charge in [-0.05, 0) is 43.3 Å². The van der Waals surface area contributed by atoms with Gasteiger partial charge in [0.25, 0.3) is 0 Å². The van der Waals surface area contributed by atoms with Crippen LogP contribution in [0.1, 0.15) is 17.3 Å². The van der Waals surface area contributed by atoms with Crippen molar-refractivity contribution in [1.82, 2.24) is 4.72 Å². The molecule has 0 amide bonds. The minimum Gasteiger partial charge on any atom is -0.497 e. The van der Waals surface area contributed by atoms with E-state index >= 15 is 0 Å². The van der Waals surface area contributed by atoms with Crippen molar-refractivity contribution in [3.63, 3.8) is 0 Å². The van der Waals surface area contributed by atoms with Crippen LogP contribution in [0.4, 0.5) is 0 Å². The summed E-state index contributed by atoms with van der Waals surface area (Å²) in [6, 6.07) is 14.0. The Morgan fingerprint density at radius 2 is 1.65 bits per heavy atom. The lowest BCUT2D eigenvalue weighted by Gasteiger charge is -2.13. The van der Waals surface area contributed by atoms with E-state index in [1.54, 1.807) is 42.5 Å². The predicted molar refractivity (Wildman–Crippen MR) is 94.5 cm³/mol. The molecule has 0 saturated heterocycles. The normalized spacial score (nSPS) is 12.2. The Morgan fingerprint density at radius 1 is 1.04 bits per heavy atom. The summed E-state index contributed by atoms with van der Waals surface area (Å²) in [6.45, 7) is 0.855. The molecule has 2 rings (SSSR count). The third kappa shape index (κ3) is 5.14. The molecule has 0 spiro atoms. The molecule has 0 aliphatic carbocycles. The van der Waals surface area contributed by atoms with Crippen molar-refractivity contribution in [1.29, 1.82) is 0 Å². The molecule has 138 valence electrons. The zero-order valence-electron chi connectivity index (χ0n) is 14.3. The molecule has 0 heterocycles. The lowest BCUT2D eigenvalue weighted by Crippen LogP contribution is -2.34. The molecule has 1 atom stereocenters. The average molecular weight is 377 g/mol. The van der Waals surface area contributed by atoms with Crippen LogP contribution in [0.15, 0.2) is 59.5 Å². The van der Waals surface area contributed by atoms with Gasteiger partial charge in [0.2, 0.25) is 15.8 Å². The first-order valence-corrected chi connectivity index (χ1v) is 9.24. The fraction of sp³-hybridized carbons (Fsp3) is 0.222. The van der Waals surface area contributed by atoms with E-state index in [0.29, 0.717) is 11.3 Å². The number of sulfonamides is 1. The fourth-order valence-electron chi connectivity index (χ4n) is 2.12. The third-order valence-corrected chi connectivity index (χ3v) is 4.93. The van der Waals surface area contributed by atoms with Crippen molar-refractivity contribution < 1.29 is 27.5 Å². The molecule has 0 radical (unpaired) electrons. The van der Waals surface area contributed by atoms with E-state index in [0.717, 1.165) is 0 Å². The van der Waals surface area contributed by atoms with Crippen molar-refractivity contribution in [2.45, 2.75) is 17.9 Å². The average Bonchev–Trinajstić information content (AvgIpc) is 2.66. The summed E-state index contributed by atoms with van der Waals surface area (Å²) in [5.74, 6) is -0.646. The first kappa shape index (κ1) is 19.6. The number of nitrogens with one attached hydrogen (secondary N) is 1. The Balaban J connectivity index is 1.91. The van der Waals surface area contributed by atoms with Gasteiger partial charge in [0.1, 0.15) is 12.3 Å². The molecule has 1 N–H and O–H groups in total. The van der Waals surface area contributed by atoms with Gasteiger partial charge in [-0.3, -0.25) is 9.59 Å². The van der Waals surface area contributed by atoms with Gasteiger partial charge in [-0.2, -0.15) is 4.72 Å². The standard InChI is InChI=1S/C18H19NO6S/c1-13(18(21)14-8-10-15(24-2)11-9-14)25-17(20)12-19-26(22,23)16-6-4-3-5-7-16/h3-11,13,19H,12H2,1-2H3/t13-/m0/s1. The van der Waals surface area contributed by atoms with Crippen molar-refractivity contribution >= 4 is 21.8 Å². The molecule has 0 unspecified atom stereocenters. The van der Waals surface area contributed by atoms with Gasteiger partial charge in [0.05, 0.1) is 12.0 Å². The highest BCUT2D eigenvalue weighted by molar-refractivity contribution is 7.89. The topological polar surface area (TPSA) is 98.8 Å². The highest BCUT2D eigenvalue weighted by Gasteiger charge is 2.21. The number of rotatable bonds is 8. The number of ketones is 1. The number of benzene rings is 2. The Morgan fingerprint density at radius 3 is 2.23 bits per heavy atom. The minimum atomic E-state index is -3.82. The highest BCUT2D eigenvalue weighted by atomic mass is 32.2. The summed E-state index contributed by atoms with van der Waals surface area (Å²) in [6.07, 6.45) is -1.04. The monoisotopic (exact) mass is 377 g/mol. The van der Waals surface area contributed by atoms with Crippen LogP contribution in [0.3, 0.4) is 0 Å². The molecule has 7 nitrogen and oxygen atoms in total. The Labute approximate surface area is 152 Å².